The van der Waals surface area contributed by atoms with Crippen LogP contribution in [0.4, 0.5) is 5.69 Å². The van der Waals surface area contributed by atoms with Crippen LogP contribution in [-0.4, -0.2) is 23.2 Å². The van der Waals surface area contributed by atoms with Crippen molar-refractivity contribution in [3.8, 4) is 0 Å². The predicted molar refractivity (Wildman–Crippen MR) is 70.1 cm³/mol. The van der Waals surface area contributed by atoms with E-state index in [2.05, 4.69) is 29.8 Å². The molecule has 17 heavy (non-hydrogen) atoms. The van der Waals surface area contributed by atoms with Crippen molar-refractivity contribution in [2.75, 3.05) is 18.0 Å². The van der Waals surface area contributed by atoms with Crippen molar-refractivity contribution in [1.29, 1.82) is 0 Å². The molecule has 0 aromatic carbocycles. The summed E-state index contributed by atoms with van der Waals surface area (Å²) < 4.78 is 0. The molecule has 1 aromatic heterocycles. The van der Waals surface area contributed by atoms with Crippen LogP contribution in [-0.2, 0) is 0 Å². The maximum Gasteiger partial charge on any atom is 0.0931 e. The van der Waals surface area contributed by atoms with Crippen molar-refractivity contribution in [2.24, 2.45) is 5.41 Å². The zero-order chi connectivity index (χ0) is 12.5. The van der Waals surface area contributed by atoms with Gasteiger partial charge in [-0.05, 0) is 37.3 Å². The molecule has 2 rings (SSSR count). The Morgan fingerprint density at radius 3 is 2.41 bits per heavy atom. The third kappa shape index (κ3) is 2.97. The normalized spacial score (nSPS) is 21.3. The first-order chi connectivity index (χ1) is 7.98. The number of hydrogen-bond donors (Lipinski definition) is 1. The Morgan fingerprint density at radius 2 is 1.94 bits per heavy atom. The Labute approximate surface area is 103 Å². The molecule has 94 valence electrons. The Morgan fingerprint density at radius 1 is 1.29 bits per heavy atom. The smallest absolute Gasteiger partial charge is 0.0931 e. The SMILES string of the molecule is C[C@@H](O)c1ccc(N2CCC(C)(C)CC2)cn1. The third-order valence-electron chi connectivity index (χ3n) is 3.68. The van der Waals surface area contributed by atoms with Gasteiger partial charge in [-0.15, -0.1) is 0 Å². The summed E-state index contributed by atoms with van der Waals surface area (Å²) in [6.07, 6.45) is 3.85. The molecule has 0 amide bonds. The fourth-order valence-electron chi connectivity index (χ4n) is 2.20. The van der Waals surface area contributed by atoms with E-state index >= 15 is 0 Å². The van der Waals surface area contributed by atoms with Crippen LogP contribution in [0.15, 0.2) is 18.3 Å². The molecular weight excluding hydrogens is 212 g/mol. The van der Waals surface area contributed by atoms with E-state index in [0.717, 1.165) is 18.8 Å². The van der Waals surface area contributed by atoms with Gasteiger partial charge in [0, 0.05) is 13.1 Å². The van der Waals surface area contributed by atoms with Gasteiger partial charge < -0.3 is 10.0 Å². The zero-order valence-corrected chi connectivity index (χ0v) is 11.0. The van der Waals surface area contributed by atoms with E-state index in [9.17, 15) is 5.11 Å². The highest BCUT2D eigenvalue weighted by Gasteiger charge is 2.25. The highest BCUT2D eigenvalue weighted by molar-refractivity contribution is 5.45. The van der Waals surface area contributed by atoms with Crippen LogP contribution in [0.1, 0.15) is 45.4 Å². The van der Waals surface area contributed by atoms with E-state index in [4.69, 9.17) is 0 Å². The number of nitrogens with zero attached hydrogens (tertiary/aromatic N) is 2. The van der Waals surface area contributed by atoms with Crippen molar-refractivity contribution in [3.05, 3.63) is 24.0 Å². The van der Waals surface area contributed by atoms with E-state index in [1.165, 1.54) is 18.5 Å². The monoisotopic (exact) mass is 234 g/mol. The summed E-state index contributed by atoms with van der Waals surface area (Å²) in [5.41, 5.74) is 2.39. The van der Waals surface area contributed by atoms with Gasteiger partial charge in [0.1, 0.15) is 0 Å². The summed E-state index contributed by atoms with van der Waals surface area (Å²) >= 11 is 0. The first-order valence-corrected chi connectivity index (χ1v) is 6.37. The topological polar surface area (TPSA) is 36.4 Å². The number of anilines is 1. The summed E-state index contributed by atoms with van der Waals surface area (Å²) in [6, 6.07) is 3.98. The molecule has 0 spiro atoms. The average molecular weight is 234 g/mol. The van der Waals surface area contributed by atoms with Gasteiger partial charge in [0.2, 0.25) is 0 Å². The maximum atomic E-state index is 9.42. The highest BCUT2D eigenvalue weighted by Crippen LogP contribution is 2.32. The highest BCUT2D eigenvalue weighted by atomic mass is 16.3. The standard InChI is InChI=1S/C14H22N2O/c1-11(17)13-5-4-12(10-15-13)16-8-6-14(2,3)7-9-16/h4-5,10-11,17H,6-9H2,1-3H3/t11-/m1/s1. The summed E-state index contributed by atoms with van der Waals surface area (Å²) in [5.74, 6) is 0. The van der Waals surface area contributed by atoms with Gasteiger partial charge in [-0.2, -0.15) is 0 Å². The van der Waals surface area contributed by atoms with E-state index in [1.807, 2.05) is 12.3 Å². The van der Waals surface area contributed by atoms with Crippen molar-refractivity contribution in [3.63, 3.8) is 0 Å². The number of rotatable bonds is 2. The molecule has 1 atom stereocenters. The van der Waals surface area contributed by atoms with Crippen LogP contribution in [0.2, 0.25) is 0 Å². The second-order valence-corrected chi connectivity index (χ2v) is 5.77. The quantitative estimate of drug-likeness (QED) is 0.854. The molecule has 1 aliphatic rings. The minimum Gasteiger partial charge on any atom is -0.387 e. The molecule has 0 saturated carbocycles. The van der Waals surface area contributed by atoms with Crippen molar-refractivity contribution in [1.82, 2.24) is 4.98 Å². The first-order valence-electron chi connectivity index (χ1n) is 6.37. The molecule has 3 nitrogen and oxygen atoms in total. The molecule has 0 aliphatic carbocycles. The van der Waals surface area contributed by atoms with E-state index < -0.39 is 6.10 Å². The van der Waals surface area contributed by atoms with Crippen LogP contribution in [0.5, 0.6) is 0 Å². The molecule has 1 N–H and O–H groups in total. The molecule has 0 radical (unpaired) electrons. The lowest BCUT2D eigenvalue weighted by atomic mass is 9.82. The van der Waals surface area contributed by atoms with Gasteiger partial charge >= 0.3 is 0 Å². The fourth-order valence-corrected chi connectivity index (χ4v) is 2.20. The van der Waals surface area contributed by atoms with Gasteiger partial charge in [0.05, 0.1) is 23.7 Å². The number of aliphatic hydroxyl groups is 1. The predicted octanol–water partition coefficient (Wildman–Crippen LogP) is 2.76. The van der Waals surface area contributed by atoms with Crippen LogP contribution >= 0.6 is 0 Å². The minimum atomic E-state index is -0.482. The van der Waals surface area contributed by atoms with Gasteiger partial charge in [-0.25, -0.2) is 0 Å². The third-order valence-corrected chi connectivity index (χ3v) is 3.68. The number of pyridine rings is 1. The Balaban J connectivity index is 2.04. The van der Waals surface area contributed by atoms with Crippen molar-refractivity contribution >= 4 is 5.69 Å². The molecular formula is C14H22N2O. The Bertz CT molecular complexity index is 360. The molecule has 0 bridgehead atoms. The maximum absolute atomic E-state index is 9.42. The molecule has 1 saturated heterocycles. The van der Waals surface area contributed by atoms with Gasteiger partial charge in [-0.1, -0.05) is 13.8 Å². The van der Waals surface area contributed by atoms with Gasteiger partial charge in [-0.3, -0.25) is 4.98 Å². The van der Waals surface area contributed by atoms with E-state index in [-0.39, 0.29) is 0 Å². The number of piperidine rings is 1. The van der Waals surface area contributed by atoms with Crippen LogP contribution in [0, 0.1) is 5.41 Å². The second-order valence-electron chi connectivity index (χ2n) is 5.77. The van der Waals surface area contributed by atoms with Crippen LogP contribution in [0.3, 0.4) is 0 Å². The minimum absolute atomic E-state index is 0.476. The molecule has 0 unspecified atom stereocenters. The molecule has 1 aliphatic heterocycles. The van der Waals surface area contributed by atoms with Crippen molar-refractivity contribution in [2.45, 2.75) is 39.7 Å². The molecule has 3 heteroatoms. The molecule has 1 aromatic rings. The van der Waals surface area contributed by atoms with Crippen LogP contribution in [0.25, 0.3) is 0 Å². The summed E-state index contributed by atoms with van der Waals surface area (Å²) in [7, 11) is 0. The lowest BCUT2D eigenvalue weighted by Crippen LogP contribution is -2.37. The first kappa shape index (κ1) is 12.4. The Hall–Kier alpha value is -1.09. The summed E-state index contributed by atoms with van der Waals surface area (Å²) in [5, 5.41) is 9.42. The fraction of sp³-hybridized carbons (Fsp3) is 0.643. The van der Waals surface area contributed by atoms with E-state index in [0.29, 0.717) is 5.41 Å². The average Bonchev–Trinajstić information content (AvgIpc) is 2.29. The van der Waals surface area contributed by atoms with Gasteiger partial charge in [0.25, 0.3) is 0 Å². The lowest BCUT2D eigenvalue weighted by molar-refractivity contribution is 0.194. The van der Waals surface area contributed by atoms with Crippen molar-refractivity contribution < 1.29 is 5.11 Å². The van der Waals surface area contributed by atoms with Crippen LogP contribution < -0.4 is 4.90 Å². The Kier molecular flexibility index (Phi) is 3.38. The van der Waals surface area contributed by atoms with E-state index in [1.54, 1.807) is 6.92 Å². The number of hydrogen-bond acceptors (Lipinski definition) is 3. The molecule has 2 heterocycles. The molecule has 1 fully saturated rings. The number of aliphatic hydroxyl groups excluding tert-OH is 1. The zero-order valence-electron chi connectivity index (χ0n) is 11.0. The lowest BCUT2D eigenvalue weighted by Gasteiger charge is -2.38. The number of aromatic nitrogens is 1. The van der Waals surface area contributed by atoms with Gasteiger partial charge in [0.15, 0.2) is 0 Å². The second kappa shape index (κ2) is 4.65. The largest absolute Gasteiger partial charge is 0.387 e. The summed E-state index contributed by atoms with van der Waals surface area (Å²) in [4.78, 5) is 6.68. The summed E-state index contributed by atoms with van der Waals surface area (Å²) in [6.45, 7) is 8.61.